The summed E-state index contributed by atoms with van der Waals surface area (Å²) in [6.07, 6.45) is 2.63. The van der Waals surface area contributed by atoms with E-state index in [1.165, 1.54) is 6.26 Å². The zero-order chi connectivity index (χ0) is 18.3. The Balaban J connectivity index is 1.93. The van der Waals surface area contributed by atoms with Crippen molar-refractivity contribution in [3.05, 3.63) is 23.8 Å². The maximum absolute atomic E-state index is 11.3. The lowest BCUT2D eigenvalue weighted by Crippen LogP contribution is -2.42. The minimum atomic E-state index is -2.96. The van der Waals surface area contributed by atoms with Crippen molar-refractivity contribution in [1.29, 1.82) is 0 Å². The monoisotopic (exact) mass is 369 g/mol. The molecular weight excluding hydrogens is 342 g/mol. The fourth-order valence-corrected chi connectivity index (χ4v) is 3.24. The molecule has 0 fully saturated rings. The van der Waals surface area contributed by atoms with Crippen LogP contribution in [0.5, 0.6) is 11.5 Å². The van der Waals surface area contributed by atoms with Crippen LogP contribution in [0.1, 0.15) is 25.3 Å². The zero-order valence-electron chi connectivity index (χ0n) is 15.0. The Morgan fingerprint density at radius 1 is 1.32 bits per heavy atom. The average Bonchev–Trinajstić information content (AvgIpc) is 2.82. The van der Waals surface area contributed by atoms with Crippen molar-refractivity contribution in [3.63, 3.8) is 0 Å². The maximum atomic E-state index is 11.3. The van der Waals surface area contributed by atoms with E-state index >= 15 is 0 Å². The molecule has 0 radical (unpaired) electrons. The van der Waals surface area contributed by atoms with E-state index < -0.39 is 9.84 Å². The molecule has 2 rings (SSSR count). The van der Waals surface area contributed by atoms with Crippen LogP contribution in [0.15, 0.2) is 23.2 Å². The van der Waals surface area contributed by atoms with Gasteiger partial charge in [0.25, 0.3) is 0 Å². The molecule has 0 aromatic heterocycles. The summed E-state index contributed by atoms with van der Waals surface area (Å²) in [4.78, 5) is 4.19. The fourth-order valence-electron chi connectivity index (χ4n) is 2.46. The first kappa shape index (κ1) is 19.4. The third-order valence-corrected chi connectivity index (χ3v) is 4.81. The molecule has 0 saturated heterocycles. The van der Waals surface area contributed by atoms with Gasteiger partial charge in [0.1, 0.15) is 9.84 Å². The van der Waals surface area contributed by atoms with Crippen molar-refractivity contribution < 1.29 is 17.9 Å². The highest BCUT2D eigenvalue weighted by Gasteiger charge is 2.15. The van der Waals surface area contributed by atoms with Crippen LogP contribution in [0.4, 0.5) is 0 Å². The molecule has 0 saturated carbocycles. The number of aliphatic imine (C=N–C) groups is 1. The van der Waals surface area contributed by atoms with E-state index in [1.54, 1.807) is 7.05 Å². The molecule has 1 aliphatic rings. The van der Waals surface area contributed by atoms with Crippen LogP contribution in [0.2, 0.25) is 0 Å². The number of guanidine groups is 1. The molecule has 1 aliphatic heterocycles. The minimum absolute atomic E-state index is 0.00611. The maximum Gasteiger partial charge on any atom is 0.191 e. The van der Waals surface area contributed by atoms with Crippen LogP contribution in [-0.4, -0.2) is 52.7 Å². The van der Waals surface area contributed by atoms with Gasteiger partial charge < -0.3 is 20.1 Å². The van der Waals surface area contributed by atoms with E-state index in [0.29, 0.717) is 32.1 Å². The first-order chi connectivity index (χ1) is 11.9. The van der Waals surface area contributed by atoms with Gasteiger partial charge in [0.2, 0.25) is 0 Å². The molecule has 1 heterocycles. The smallest absolute Gasteiger partial charge is 0.191 e. The molecule has 7 nitrogen and oxygen atoms in total. The van der Waals surface area contributed by atoms with Gasteiger partial charge in [-0.25, -0.2) is 8.42 Å². The Kier molecular flexibility index (Phi) is 6.92. The summed E-state index contributed by atoms with van der Waals surface area (Å²) >= 11 is 0. The average molecular weight is 369 g/mol. The largest absolute Gasteiger partial charge is 0.490 e. The topological polar surface area (TPSA) is 89.0 Å². The summed E-state index contributed by atoms with van der Waals surface area (Å²) < 4.78 is 34.0. The van der Waals surface area contributed by atoms with E-state index in [-0.39, 0.29) is 11.8 Å². The van der Waals surface area contributed by atoms with Crippen molar-refractivity contribution >= 4 is 15.8 Å². The molecule has 25 heavy (non-hydrogen) atoms. The van der Waals surface area contributed by atoms with Gasteiger partial charge in [0, 0.05) is 37.9 Å². The van der Waals surface area contributed by atoms with Gasteiger partial charge in [-0.1, -0.05) is 12.1 Å². The second kappa shape index (κ2) is 8.94. The van der Waals surface area contributed by atoms with Crippen LogP contribution in [-0.2, 0) is 16.4 Å². The van der Waals surface area contributed by atoms with Crippen molar-refractivity contribution in [2.24, 2.45) is 4.99 Å². The second-order valence-corrected chi connectivity index (χ2v) is 8.44. The number of nitrogens with one attached hydrogen (secondary N) is 2. The van der Waals surface area contributed by atoms with Crippen LogP contribution in [0.3, 0.4) is 0 Å². The number of hydrogen-bond donors (Lipinski definition) is 2. The Bertz CT molecular complexity index is 704. The van der Waals surface area contributed by atoms with Crippen LogP contribution < -0.4 is 20.1 Å². The molecule has 1 atom stereocenters. The summed E-state index contributed by atoms with van der Waals surface area (Å²) in [6.45, 7) is 3.76. The van der Waals surface area contributed by atoms with Crippen molar-refractivity contribution in [2.75, 3.05) is 32.3 Å². The van der Waals surface area contributed by atoms with Gasteiger partial charge in [-0.3, -0.25) is 4.99 Å². The molecule has 0 bridgehead atoms. The zero-order valence-corrected chi connectivity index (χ0v) is 15.9. The first-order valence-electron chi connectivity index (χ1n) is 8.41. The molecule has 8 heteroatoms. The molecule has 1 aromatic carbocycles. The highest BCUT2D eigenvalue weighted by molar-refractivity contribution is 7.90. The normalized spacial score (nSPS) is 16.0. The molecule has 0 spiro atoms. The number of nitrogens with zero attached hydrogens (tertiary/aromatic N) is 1. The van der Waals surface area contributed by atoms with E-state index in [0.717, 1.165) is 23.5 Å². The number of benzene rings is 1. The molecule has 0 aliphatic carbocycles. The Morgan fingerprint density at radius 2 is 2.08 bits per heavy atom. The SMILES string of the molecule is CN=C(NCc1cccc2c1OCCCO2)NC(C)CCS(C)(=O)=O. The molecule has 140 valence electrons. The number of sulfone groups is 1. The predicted octanol–water partition coefficient (Wildman–Crippen LogP) is 1.34. The van der Waals surface area contributed by atoms with Crippen LogP contribution in [0, 0.1) is 0 Å². The van der Waals surface area contributed by atoms with Gasteiger partial charge in [0.15, 0.2) is 17.5 Å². The molecule has 1 aromatic rings. The lowest BCUT2D eigenvalue weighted by Gasteiger charge is -2.19. The third kappa shape index (κ3) is 6.45. The summed E-state index contributed by atoms with van der Waals surface area (Å²) in [5, 5.41) is 6.44. The van der Waals surface area contributed by atoms with Crippen molar-refractivity contribution in [3.8, 4) is 11.5 Å². The number of fused-ring (bicyclic) bond motifs is 1. The fraction of sp³-hybridized carbons (Fsp3) is 0.588. The van der Waals surface area contributed by atoms with Crippen LogP contribution in [0.25, 0.3) is 0 Å². The Labute approximate surface area is 149 Å². The molecular formula is C17H27N3O4S. The standard InChI is InChI=1S/C17H27N3O4S/c1-13(8-11-25(3,21)22)20-17(18-2)19-12-14-6-4-7-15-16(14)24-10-5-9-23-15/h4,6-7,13H,5,8-12H2,1-3H3,(H2,18,19,20). The van der Waals surface area contributed by atoms with Gasteiger partial charge in [0.05, 0.1) is 19.0 Å². The molecule has 2 N–H and O–H groups in total. The second-order valence-electron chi connectivity index (χ2n) is 6.18. The van der Waals surface area contributed by atoms with Crippen molar-refractivity contribution in [1.82, 2.24) is 10.6 Å². The summed E-state index contributed by atoms with van der Waals surface area (Å²) in [5.41, 5.74) is 0.992. The number of ether oxygens (including phenoxy) is 2. The van der Waals surface area contributed by atoms with Gasteiger partial charge in [-0.2, -0.15) is 0 Å². The van der Waals surface area contributed by atoms with Crippen molar-refractivity contribution in [2.45, 2.75) is 32.4 Å². The van der Waals surface area contributed by atoms with E-state index in [1.807, 2.05) is 25.1 Å². The van der Waals surface area contributed by atoms with Gasteiger partial charge in [-0.15, -0.1) is 0 Å². The lowest BCUT2D eigenvalue weighted by molar-refractivity contribution is 0.296. The van der Waals surface area contributed by atoms with E-state index in [4.69, 9.17) is 9.47 Å². The summed E-state index contributed by atoms with van der Waals surface area (Å²) in [7, 11) is -1.28. The number of para-hydroxylation sites is 1. The first-order valence-corrected chi connectivity index (χ1v) is 10.5. The third-order valence-electron chi connectivity index (χ3n) is 3.83. The molecule has 0 amide bonds. The predicted molar refractivity (Wildman–Crippen MR) is 99.2 cm³/mol. The number of rotatable bonds is 6. The quantitative estimate of drug-likeness (QED) is 0.581. The highest BCUT2D eigenvalue weighted by Crippen LogP contribution is 2.33. The van der Waals surface area contributed by atoms with E-state index in [2.05, 4.69) is 15.6 Å². The Hall–Kier alpha value is -1.96. The highest BCUT2D eigenvalue weighted by atomic mass is 32.2. The Morgan fingerprint density at radius 3 is 2.80 bits per heavy atom. The van der Waals surface area contributed by atoms with E-state index in [9.17, 15) is 8.42 Å². The van der Waals surface area contributed by atoms with Crippen LogP contribution >= 0.6 is 0 Å². The van der Waals surface area contributed by atoms with Gasteiger partial charge >= 0.3 is 0 Å². The summed E-state index contributed by atoms with van der Waals surface area (Å²) in [6, 6.07) is 5.83. The molecule has 1 unspecified atom stereocenters. The number of hydrogen-bond acceptors (Lipinski definition) is 5. The minimum Gasteiger partial charge on any atom is -0.490 e. The lowest BCUT2D eigenvalue weighted by atomic mass is 10.2. The van der Waals surface area contributed by atoms with Gasteiger partial charge in [-0.05, 0) is 19.4 Å². The summed E-state index contributed by atoms with van der Waals surface area (Å²) in [5.74, 6) is 2.30.